The number of sulfonamides is 1. The number of carbonyl (C=O) groups excluding carboxylic acids is 1. The fourth-order valence-electron chi connectivity index (χ4n) is 4.51. The van der Waals surface area contributed by atoms with E-state index in [0.29, 0.717) is 43.4 Å². The van der Waals surface area contributed by atoms with Crippen molar-refractivity contribution in [2.24, 2.45) is 0 Å². The van der Waals surface area contributed by atoms with Crippen molar-refractivity contribution >= 4 is 27.4 Å². The van der Waals surface area contributed by atoms with Gasteiger partial charge in [-0.1, -0.05) is 12.1 Å². The first-order valence-corrected chi connectivity index (χ1v) is 13.5. The molecule has 10 nitrogen and oxygen atoms in total. The molecule has 0 saturated carbocycles. The summed E-state index contributed by atoms with van der Waals surface area (Å²) in [5, 5.41) is 2.75. The number of carbonyl (C=O) groups is 1. The normalized spacial score (nSPS) is 17.1. The topological polar surface area (TPSA) is 114 Å². The molecule has 1 amide bonds. The summed E-state index contributed by atoms with van der Waals surface area (Å²) in [7, 11) is -3.66. The quantitative estimate of drug-likeness (QED) is 0.503. The number of rotatable bonds is 7. The summed E-state index contributed by atoms with van der Waals surface area (Å²) in [4.78, 5) is 23.0. The van der Waals surface area contributed by atoms with E-state index >= 15 is 0 Å². The largest absolute Gasteiger partial charge is 0.483 e. The maximum Gasteiger partial charge on any atom is 0.262 e. The minimum Gasteiger partial charge on any atom is -0.483 e. The van der Waals surface area contributed by atoms with E-state index in [1.54, 1.807) is 36.8 Å². The number of benzene rings is 2. The fraction of sp³-hybridized carbons (Fsp3) is 0.346. The van der Waals surface area contributed by atoms with Crippen molar-refractivity contribution in [1.29, 1.82) is 0 Å². The predicted molar refractivity (Wildman–Crippen MR) is 138 cm³/mol. The third-order valence-corrected chi connectivity index (χ3v) is 8.21. The van der Waals surface area contributed by atoms with Gasteiger partial charge in [0, 0.05) is 56.2 Å². The van der Waals surface area contributed by atoms with E-state index in [4.69, 9.17) is 9.47 Å². The number of fused-ring (bicyclic) bond motifs is 1. The number of amides is 1. The Labute approximate surface area is 216 Å². The van der Waals surface area contributed by atoms with Crippen molar-refractivity contribution in [3.05, 3.63) is 66.6 Å². The Kier molecular flexibility index (Phi) is 6.74. The number of aromatic nitrogens is 2. The van der Waals surface area contributed by atoms with E-state index in [-0.39, 0.29) is 23.0 Å². The Hall–Kier alpha value is -3.70. The van der Waals surface area contributed by atoms with Crippen LogP contribution in [0.25, 0.3) is 0 Å². The minimum atomic E-state index is -3.66. The van der Waals surface area contributed by atoms with Crippen molar-refractivity contribution < 1.29 is 22.7 Å². The molecule has 0 bridgehead atoms. The van der Waals surface area contributed by atoms with E-state index in [1.165, 1.54) is 16.4 Å². The maximum atomic E-state index is 13.1. The van der Waals surface area contributed by atoms with Crippen LogP contribution in [0.2, 0.25) is 0 Å². The molecule has 1 fully saturated rings. The number of nitrogens with zero attached hydrogens (tertiary/aromatic N) is 4. The second-order valence-electron chi connectivity index (χ2n) is 9.60. The van der Waals surface area contributed by atoms with Gasteiger partial charge in [-0.05, 0) is 44.2 Å². The van der Waals surface area contributed by atoms with Gasteiger partial charge < -0.3 is 19.7 Å². The molecule has 1 saturated heterocycles. The third-order valence-electron chi connectivity index (χ3n) is 6.30. The summed E-state index contributed by atoms with van der Waals surface area (Å²) in [5.41, 5.74) is 1.22. The molecule has 0 spiro atoms. The molecule has 194 valence electrons. The van der Waals surface area contributed by atoms with Crippen LogP contribution in [0.4, 0.5) is 11.5 Å². The van der Waals surface area contributed by atoms with Crippen LogP contribution in [0.3, 0.4) is 0 Å². The van der Waals surface area contributed by atoms with Gasteiger partial charge in [0.15, 0.2) is 18.1 Å². The first kappa shape index (κ1) is 25.0. The van der Waals surface area contributed by atoms with Crippen LogP contribution in [0.5, 0.6) is 11.5 Å². The molecular formula is C26H29N5O5S. The van der Waals surface area contributed by atoms with Crippen LogP contribution < -0.4 is 19.7 Å². The van der Waals surface area contributed by atoms with Gasteiger partial charge in [0.1, 0.15) is 11.4 Å². The number of ether oxygens (including phenoxy) is 2. The molecule has 1 N–H and O–H groups in total. The maximum absolute atomic E-state index is 13.1. The summed E-state index contributed by atoms with van der Waals surface area (Å²) >= 11 is 0. The highest BCUT2D eigenvalue weighted by atomic mass is 32.2. The number of para-hydroxylation sites is 1. The van der Waals surface area contributed by atoms with Gasteiger partial charge >= 0.3 is 0 Å². The molecule has 5 rings (SSSR count). The smallest absolute Gasteiger partial charge is 0.262 e. The Balaban J connectivity index is 1.15. The molecule has 1 aromatic heterocycles. The second-order valence-corrected chi connectivity index (χ2v) is 11.5. The van der Waals surface area contributed by atoms with Crippen molar-refractivity contribution in [1.82, 2.24) is 14.3 Å². The average Bonchev–Trinajstić information content (AvgIpc) is 3.23. The highest BCUT2D eigenvalue weighted by Crippen LogP contribution is 2.41. The van der Waals surface area contributed by atoms with Crippen molar-refractivity contribution in [2.75, 3.05) is 43.0 Å². The van der Waals surface area contributed by atoms with Crippen LogP contribution >= 0.6 is 0 Å². The number of anilines is 2. The van der Waals surface area contributed by atoms with E-state index in [9.17, 15) is 13.2 Å². The standard InChI is InChI=1S/C26H29N5O5S/c1-26(2)16-19-4-3-5-22(25(19)36-26)35-18-24(32)29-20-6-8-21(9-7-20)37(33,34)31-14-12-30(13-15-31)23-17-27-10-11-28-23/h3-11,17H,12-16,18H2,1-2H3,(H,29,32). The van der Waals surface area contributed by atoms with E-state index in [0.717, 1.165) is 17.8 Å². The van der Waals surface area contributed by atoms with Gasteiger partial charge in [-0.25, -0.2) is 13.4 Å². The lowest BCUT2D eigenvalue weighted by molar-refractivity contribution is -0.118. The van der Waals surface area contributed by atoms with Crippen molar-refractivity contribution in [2.45, 2.75) is 30.8 Å². The molecule has 3 heterocycles. The summed E-state index contributed by atoms with van der Waals surface area (Å²) in [6, 6.07) is 11.8. The van der Waals surface area contributed by atoms with Crippen LogP contribution in [0.1, 0.15) is 19.4 Å². The van der Waals surface area contributed by atoms with Crippen LogP contribution in [0, 0.1) is 0 Å². The monoisotopic (exact) mass is 523 g/mol. The predicted octanol–water partition coefficient (Wildman–Crippen LogP) is 2.72. The molecule has 2 aliphatic rings. The van der Waals surface area contributed by atoms with Gasteiger partial charge in [0.2, 0.25) is 10.0 Å². The zero-order valence-electron chi connectivity index (χ0n) is 20.8. The Morgan fingerprint density at radius 3 is 2.54 bits per heavy atom. The molecule has 2 aliphatic heterocycles. The molecular weight excluding hydrogens is 494 g/mol. The van der Waals surface area contributed by atoms with Crippen LogP contribution in [0.15, 0.2) is 66.0 Å². The van der Waals surface area contributed by atoms with Gasteiger partial charge in [-0.15, -0.1) is 0 Å². The van der Waals surface area contributed by atoms with Gasteiger partial charge in [0.05, 0.1) is 11.1 Å². The molecule has 2 aromatic carbocycles. The number of hydrogen-bond acceptors (Lipinski definition) is 8. The zero-order chi connectivity index (χ0) is 26.0. The summed E-state index contributed by atoms with van der Waals surface area (Å²) in [6.07, 6.45) is 5.67. The SMILES string of the molecule is CC1(C)Cc2cccc(OCC(=O)Nc3ccc(S(=O)(=O)N4CCN(c5cnccn5)CC4)cc3)c2O1. The molecule has 0 radical (unpaired) electrons. The summed E-state index contributed by atoms with van der Waals surface area (Å²) < 4.78 is 39.4. The lowest BCUT2D eigenvalue weighted by Crippen LogP contribution is -2.48. The van der Waals surface area contributed by atoms with Gasteiger partial charge in [-0.3, -0.25) is 9.78 Å². The van der Waals surface area contributed by atoms with E-state index < -0.39 is 10.0 Å². The molecule has 0 unspecified atom stereocenters. The van der Waals surface area contributed by atoms with E-state index in [2.05, 4.69) is 15.3 Å². The minimum absolute atomic E-state index is 0.175. The van der Waals surface area contributed by atoms with Crippen LogP contribution in [-0.2, 0) is 21.2 Å². The Morgan fingerprint density at radius 1 is 1.08 bits per heavy atom. The molecule has 0 atom stereocenters. The zero-order valence-corrected chi connectivity index (χ0v) is 21.6. The molecule has 3 aromatic rings. The second kappa shape index (κ2) is 9.98. The van der Waals surface area contributed by atoms with Crippen LogP contribution in [-0.4, -0.2) is 67.0 Å². The molecule has 11 heteroatoms. The van der Waals surface area contributed by atoms with Gasteiger partial charge in [0.25, 0.3) is 5.91 Å². The van der Waals surface area contributed by atoms with Crippen molar-refractivity contribution in [3.63, 3.8) is 0 Å². The lowest BCUT2D eigenvalue weighted by atomic mass is 10.0. The number of piperazine rings is 1. The fourth-order valence-corrected chi connectivity index (χ4v) is 5.93. The molecule has 0 aliphatic carbocycles. The average molecular weight is 524 g/mol. The lowest BCUT2D eigenvalue weighted by Gasteiger charge is -2.34. The highest BCUT2D eigenvalue weighted by molar-refractivity contribution is 7.89. The van der Waals surface area contributed by atoms with E-state index in [1.807, 2.05) is 30.9 Å². The molecule has 37 heavy (non-hydrogen) atoms. The number of hydrogen-bond donors (Lipinski definition) is 1. The summed E-state index contributed by atoms with van der Waals surface area (Å²) in [6.45, 7) is 5.56. The Morgan fingerprint density at radius 2 is 1.84 bits per heavy atom. The van der Waals surface area contributed by atoms with Gasteiger partial charge in [-0.2, -0.15) is 4.31 Å². The van der Waals surface area contributed by atoms with Crippen molar-refractivity contribution in [3.8, 4) is 11.5 Å². The summed E-state index contributed by atoms with van der Waals surface area (Å²) in [5.74, 6) is 1.58. The Bertz CT molecular complexity index is 1370. The first-order chi connectivity index (χ1) is 17.7. The highest BCUT2D eigenvalue weighted by Gasteiger charge is 2.32. The third kappa shape index (κ3) is 5.52. The first-order valence-electron chi connectivity index (χ1n) is 12.1. The number of nitrogens with one attached hydrogen (secondary N) is 1.